The Kier molecular flexibility index (Phi) is 6.91. The topological polar surface area (TPSA) is 98.1 Å². The van der Waals surface area contributed by atoms with Gasteiger partial charge >= 0.3 is 0 Å². The minimum atomic E-state index is -3.51. The summed E-state index contributed by atoms with van der Waals surface area (Å²) >= 11 is 1.32. The summed E-state index contributed by atoms with van der Waals surface area (Å²) in [7, 11) is -3.51. The van der Waals surface area contributed by atoms with E-state index in [1.54, 1.807) is 11.6 Å². The second kappa shape index (κ2) is 9.65. The molecular weight excluding hydrogens is 434 g/mol. The average molecular weight is 466 g/mol. The van der Waals surface area contributed by atoms with Crippen molar-refractivity contribution in [3.05, 3.63) is 40.3 Å². The number of nitrogens with zero attached hydrogens (tertiary/aromatic N) is 2. The molecule has 7 nitrogen and oxygen atoms in total. The lowest BCUT2D eigenvalue weighted by Crippen LogP contribution is -2.35. The molecule has 1 atom stereocenters. The second-order valence-corrected chi connectivity index (χ2v) is 11.8. The molecule has 2 aliphatic carbocycles. The maximum atomic E-state index is 13.1. The fourth-order valence-electron chi connectivity index (χ4n) is 4.86. The van der Waals surface area contributed by atoms with Gasteiger partial charge in [0.1, 0.15) is 6.04 Å². The molecular formula is C22H31N3O4S2. The summed E-state index contributed by atoms with van der Waals surface area (Å²) in [5, 5.41) is 4.68. The van der Waals surface area contributed by atoms with Gasteiger partial charge in [0, 0.05) is 25.3 Å². The lowest BCUT2D eigenvalue weighted by molar-refractivity contribution is -0.120. The van der Waals surface area contributed by atoms with E-state index in [2.05, 4.69) is 10.3 Å². The van der Waals surface area contributed by atoms with Crippen molar-refractivity contribution >= 4 is 32.2 Å². The molecule has 0 bridgehead atoms. The van der Waals surface area contributed by atoms with Gasteiger partial charge in [0.2, 0.25) is 5.91 Å². The predicted molar refractivity (Wildman–Crippen MR) is 123 cm³/mol. The van der Waals surface area contributed by atoms with Gasteiger partial charge in [0.15, 0.2) is 15.0 Å². The molecule has 0 aromatic carbocycles. The molecule has 31 heavy (non-hydrogen) atoms. The van der Waals surface area contributed by atoms with E-state index in [-0.39, 0.29) is 12.2 Å². The number of pyridine rings is 1. The highest BCUT2D eigenvalue weighted by Crippen LogP contribution is 2.32. The van der Waals surface area contributed by atoms with Crippen LogP contribution in [0.25, 0.3) is 0 Å². The number of sulfone groups is 1. The van der Waals surface area contributed by atoms with Gasteiger partial charge in [-0.1, -0.05) is 44.9 Å². The van der Waals surface area contributed by atoms with Gasteiger partial charge < -0.3 is 9.88 Å². The maximum Gasteiger partial charge on any atom is 0.252 e. The normalized spacial score (nSPS) is 19.4. The van der Waals surface area contributed by atoms with Gasteiger partial charge in [-0.25, -0.2) is 13.4 Å². The Morgan fingerprint density at radius 1 is 1.19 bits per heavy atom. The summed E-state index contributed by atoms with van der Waals surface area (Å²) in [5.41, 5.74) is -0.450. The van der Waals surface area contributed by atoms with E-state index in [9.17, 15) is 18.0 Å². The van der Waals surface area contributed by atoms with Crippen LogP contribution in [0.4, 0.5) is 5.13 Å². The van der Waals surface area contributed by atoms with Crippen LogP contribution in [0.15, 0.2) is 39.6 Å². The molecule has 0 spiro atoms. The van der Waals surface area contributed by atoms with Crippen molar-refractivity contribution in [1.82, 2.24) is 9.55 Å². The summed E-state index contributed by atoms with van der Waals surface area (Å²) in [6.07, 6.45) is 12.3. The minimum Gasteiger partial charge on any atom is -0.303 e. The quantitative estimate of drug-likeness (QED) is 0.653. The van der Waals surface area contributed by atoms with Gasteiger partial charge in [-0.15, -0.1) is 11.3 Å². The Hall–Kier alpha value is -2.00. The molecule has 1 amide bonds. The van der Waals surface area contributed by atoms with E-state index in [1.165, 1.54) is 40.7 Å². The fourth-order valence-corrected chi connectivity index (χ4v) is 7.24. The number of aromatic nitrogens is 2. The number of hydrogen-bond donors (Lipinski definition) is 1. The lowest BCUT2D eigenvalue weighted by atomic mass is 9.84. The molecule has 170 valence electrons. The Bertz CT molecular complexity index is 1060. The van der Waals surface area contributed by atoms with Crippen LogP contribution in [0.3, 0.4) is 0 Å². The zero-order chi connectivity index (χ0) is 21.8. The zero-order valence-electron chi connectivity index (χ0n) is 17.5. The number of rotatable bonds is 7. The smallest absolute Gasteiger partial charge is 0.252 e. The zero-order valence-corrected chi connectivity index (χ0v) is 19.2. The Morgan fingerprint density at radius 3 is 2.55 bits per heavy atom. The molecule has 1 N–H and O–H groups in total. The second-order valence-electron chi connectivity index (χ2n) is 8.64. The number of nitrogens with one attached hydrogen (secondary N) is 1. The predicted octanol–water partition coefficient (Wildman–Crippen LogP) is 4.42. The minimum absolute atomic E-state index is 0. The van der Waals surface area contributed by atoms with E-state index in [1.807, 2.05) is 0 Å². The summed E-state index contributed by atoms with van der Waals surface area (Å²) in [6.45, 7) is 0. The molecule has 1 unspecified atom stereocenters. The number of hydrogen-bond acceptors (Lipinski definition) is 6. The monoisotopic (exact) mass is 465 g/mol. The maximum absolute atomic E-state index is 13.1. The molecule has 4 rings (SSSR count). The van der Waals surface area contributed by atoms with Gasteiger partial charge in [-0.3, -0.25) is 9.59 Å². The summed E-state index contributed by atoms with van der Waals surface area (Å²) in [5.74, 6) is 0.0867. The standard InChI is InChI=1S/C22H29N3O4S2.H2/c26-20-15-18(31(28,29)17-8-4-5-9-17)10-12-25(20)19(14-16-6-2-1-3-7-16)21(27)24-22-23-11-13-30-22;/h10-13,15-17,19H,1-9,14H2,(H,23,24,27);1H. The summed E-state index contributed by atoms with van der Waals surface area (Å²) < 4.78 is 27.2. The van der Waals surface area contributed by atoms with Crippen molar-refractivity contribution in [3.8, 4) is 0 Å². The Labute approximate surface area is 188 Å². The molecule has 2 saturated carbocycles. The largest absolute Gasteiger partial charge is 0.303 e. The first-order valence-electron chi connectivity index (χ1n) is 11.1. The van der Waals surface area contributed by atoms with Crippen LogP contribution in [-0.2, 0) is 14.6 Å². The number of anilines is 1. The van der Waals surface area contributed by atoms with Crippen molar-refractivity contribution in [2.75, 3.05) is 5.32 Å². The Morgan fingerprint density at radius 2 is 1.90 bits per heavy atom. The summed E-state index contributed by atoms with van der Waals surface area (Å²) in [4.78, 5) is 30.3. The van der Waals surface area contributed by atoms with Crippen molar-refractivity contribution in [3.63, 3.8) is 0 Å². The molecule has 2 aromatic rings. The molecule has 0 saturated heterocycles. The van der Waals surface area contributed by atoms with E-state index >= 15 is 0 Å². The van der Waals surface area contributed by atoms with E-state index < -0.39 is 26.7 Å². The lowest BCUT2D eigenvalue weighted by Gasteiger charge is -2.27. The molecule has 2 fully saturated rings. The SMILES string of the molecule is O=C(Nc1nccs1)C(CC1CCCCC1)n1ccc(S(=O)(=O)C2CCCC2)cc1=O.[HH]. The van der Waals surface area contributed by atoms with Crippen LogP contribution >= 0.6 is 11.3 Å². The van der Waals surface area contributed by atoms with Gasteiger partial charge in [-0.05, 0) is 31.2 Å². The molecule has 0 radical (unpaired) electrons. The van der Waals surface area contributed by atoms with E-state index in [0.29, 0.717) is 30.3 Å². The van der Waals surface area contributed by atoms with E-state index in [4.69, 9.17) is 0 Å². The van der Waals surface area contributed by atoms with Crippen LogP contribution in [0, 0.1) is 5.92 Å². The average Bonchev–Trinajstić information content (AvgIpc) is 3.47. The van der Waals surface area contributed by atoms with Gasteiger partial charge in [-0.2, -0.15) is 0 Å². The van der Waals surface area contributed by atoms with Crippen molar-refractivity contribution in [1.29, 1.82) is 0 Å². The third-order valence-electron chi connectivity index (χ3n) is 6.57. The highest BCUT2D eigenvalue weighted by atomic mass is 32.2. The van der Waals surface area contributed by atoms with Crippen molar-refractivity contribution in [2.45, 2.75) is 80.4 Å². The highest BCUT2D eigenvalue weighted by Gasteiger charge is 2.32. The molecule has 0 aliphatic heterocycles. The van der Waals surface area contributed by atoms with Crippen LogP contribution in [0.1, 0.15) is 71.7 Å². The number of amides is 1. The number of thiazole rings is 1. The number of carbonyl (C=O) groups is 1. The first-order valence-corrected chi connectivity index (χ1v) is 13.5. The van der Waals surface area contributed by atoms with Crippen molar-refractivity contribution < 1.29 is 14.6 Å². The van der Waals surface area contributed by atoms with Crippen LogP contribution in [0.2, 0.25) is 0 Å². The Balaban J connectivity index is 0.00000289. The molecule has 9 heteroatoms. The van der Waals surface area contributed by atoms with Crippen molar-refractivity contribution in [2.24, 2.45) is 5.92 Å². The third-order valence-corrected chi connectivity index (χ3v) is 9.52. The number of carbonyl (C=O) groups excluding carboxylic acids is 1. The molecule has 2 aromatic heterocycles. The summed E-state index contributed by atoms with van der Waals surface area (Å²) in [6, 6.07) is 1.99. The fraction of sp³-hybridized carbons (Fsp3) is 0.591. The third kappa shape index (κ3) is 5.09. The first kappa shape index (κ1) is 22.2. The van der Waals surface area contributed by atoms with Gasteiger partial charge in [0.05, 0.1) is 10.1 Å². The highest BCUT2D eigenvalue weighted by molar-refractivity contribution is 7.92. The van der Waals surface area contributed by atoms with Gasteiger partial charge in [0.25, 0.3) is 5.56 Å². The molecule has 2 aliphatic rings. The van der Waals surface area contributed by atoms with Crippen LogP contribution < -0.4 is 10.9 Å². The molecule has 2 heterocycles. The van der Waals surface area contributed by atoms with E-state index in [0.717, 1.165) is 38.5 Å². The van der Waals surface area contributed by atoms with Crippen LogP contribution in [0.5, 0.6) is 0 Å². The van der Waals surface area contributed by atoms with Crippen LogP contribution in [-0.4, -0.2) is 29.1 Å². The first-order chi connectivity index (χ1) is 14.9.